The molecule has 0 saturated heterocycles. The van der Waals surface area contributed by atoms with Gasteiger partial charge < -0.3 is 14.6 Å². The van der Waals surface area contributed by atoms with Gasteiger partial charge in [0.15, 0.2) is 0 Å². The van der Waals surface area contributed by atoms with Gasteiger partial charge in [-0.25, -0.2) is 4.79 Å². The SMILES string of the molecule is COCCOc1c(SC)ccc(C(=O)O)c1C. The number of carboxylic acids is 1. The summed E-state index contributed by atoms with van der Waals surface area (Å²) >= 11 is 1.53. The van der Waals surface area contributed by atoms with Crippen LogP contribution in [-0.4, -0.2) is 37.7 Å². The van der Waals surface area contributed by atoms with Crippen LogP contribution in [0.1, 0.15) is 15.9 Å². The molecule has 0 unspecified atom stereocenters. The molecule has 1 aromatic rings. The second kappa shape index (κ2) is 6.51. The Balaban J connectivity index is 3.04. The minimum atomic E-state index is -0.938. The van der Waals surface area contributed by atoms with Crippen molar-refractivity contribution in [3.63, 3.8) is 0 Å². The first-order chi connectivity index (χ1) is 8.11. The number of carboxylic acid groups (broad SMARTS) is 1. The van der Waals surface area contributed by atoms with Crippen molar-refractivity contribution in [1.29, 1.82) is 0 Å². The molecule has 0 radical (unpaired) electrons. The topological polar surface area (TPSA) is 55.8 Å². The Morgan fingerprint density at radius 1 is 1.41 bits per heavy atom. The minimum Gasteiger partial charge on any atom is -0.490 e. The van der Waals surface area contributed by atoms with Gasteiger partial charge in [0.2, 0.25) is 0 Å². The summed E-state index contributed by atoms with van der Waals surface area (Å²) in [6.07, 6.45) is 1.93. The summed E-state index contributed by atoms with van der Waals surface area (Å²) in [7, 11) is 1.60. The first kappa shape index (κ1) is 13.9. The zero-order valence-electron chi connectivity index (χ0n) is 10.1. The van der Waals surface area contributed by atoms with Crippen molar-refractivity contribution in [3.8, 4) is 5.75 Å². The van der Waals surface area contributed by atoms with Crippen molar-refractivity contribution < 1.29 is 19.4 Å². The summed E-state index contributed by atoms with van der Waals surface area (Å²) < 4.78 is 10.5. The van der Waals surface area contributed by atoms with Gasteiger partial charge in [-0.05, 0) is 25.3 Å². The predicted molar refractivity (Wildman–Crippen MR) is 67.3 cm³/mol. The summed E-state index contributed by atoms with van der Waals surface area (Å²) in [5.41, 5.74) is 0.927. The van der Waals surface area contributed by atoms with Crippen molar-refractivity contribution in [2.75, 3.05) is 26.6 Å². The second-order valence-corrected chi connectivity index (χ2v) is 4.26. The number of ether oxygens (including phenoxy) is 2. The van der Waals surface area contributed by atoms with Crippen molar-refractivity contribution in [2.24, 2.45) is 0 Å². The third-order valence-electron chi connectivity index (χ3n) is 2.35. The highest BCUT2D eigenvalue weighted by atomic mass is 32.2. The summed E-state index contributed by atoms with van der Waals surface area (Å²) in [6.45, 7) is 2.64. The molecule has 0 heterocycles. The Morgan fingerprint density at radius 2 is 2.12 bits per heavy atom. The van der Waals surface area contributed by atoms with E-state index in [1.54, 1.807) is 26.2 Å². The van der Waals surface area contributed by atoms with E-state index in [0.29, 0.717) is 24.5 Å². The van der Waals surface area contributed by atoms with Gasteiger partial charge in [0.25, 0.3) is 0 Å². The Morgan fingerprint density at radius 3 is 2.65 bits per heavy atom. The molecule has 17 heavy (non-hydrogen) atoms. The van der Waals surface area contributed by atoms with Gasteiger partial charge in [-0.2, -0.15) is 0 Å². The molecule has 0 spiro atoms. The van der Waals surface area contributed by atoms with Crippen LogP contribution in [0.25, 0.3) is 0 Å². The van der Waals surface area contributed by atoms with E-state index in [1.165, 1.54) is 11.8 Å². The molecule has 1 aromatic carbocycles. The Kier molecular flexibility index (Phi) is 5.31. The second-order valence-electron chi connectivity index (χ2n) is 3.42. The molecule has 0 fully saturated rings. The Bertz CT molecular complexity index is 404. The van der Waals surface area contributed by atoms with E-state index in [4.69, 9.17) is 14.6 Å². The maximum Gasteiger partial charge on any atom is 0.336 e. The van der Waals surface area contributed by atoms with E-state index in [2.05, 4.69) is 0 Å². The molecule has 1 N–H and O–H groups in total. The normalized spacial score (nSPS) is 10.3. The van der Waals surface area contributed by atoms with Crippen LogP contribution in [-0.2, 0) is 4.74 Å². The molecule has 5 heteroatoms. The zero-order valence-corrected chi connectivity index (χ0v) is 11.0. The third-order valence-corrected chi connectivity index (χ3v) is 3.12. The van der Waals surface area contributed by atoms with Crippen molar-refractivity contribution in [3.05, 3.63) is 23.3 Å². The number of hydrogen-bond acceptors (Lipinski definition) is 4. The van der Waals surface area contributed by atoms with Crippen LogP contribution >= 0.6 is 11.8 Å². The number of thioether (sulfide) groups is 1. The lowest BCUT2D eigenvalue weighted by Gasteiger charge is -2.14. The molecular formula is C12H16O4S. The fourth-order valence-electron chi connectivity index (χ4n) is 1.47. The molecule has 1 rings (SSSR count). The third kappa shape index (κ3) is 3.38. The Hall–Kier alpha value is -1.20. The number of carbonyl (C=O) groups is 1. The van der Waals surface area contributed by atoms with Gasteiger partial charge in [-0.3, -0.25) is 0 Å². The van der Waals surface area contributed by atoms with Gasteiger partial charge >= 0.3 is 5.97 Å². The van der Waals surface area contributed by atoms with E-state index in [-0.39, 0.29) is 5.56 Å². The highest BCUT2D eigenvalue weighted by Crippen LogP contribution is 2.33. The number of methoxy groups -OCH3 is 1. The van der Waals surface area contributed by atoms with Crippen LogP contribution in [0.15, 0.2) is 17.0 Å². The molecule has 94 valence electrons. The van der Waals surface area contributed by atoms with E-state index >= 15 is 0 Å². The average Bonchev–Trinajstić information content (AvgIpc) is 2.30. The molecule has 0 amide bonds. The predicted octanol–water partition coefficient (Wildman–Crippen LogP) is 2.44. The van der Waals surface area contributed by atoms with E-state index in [9.17, 15) is 4.79 Å². The lowest BCUT2D eigenvalue weighted by Crippen LogP contribution is -2.08. The summed E-state index contributed by atoms with van der Waals surface area (Å²) in [6, 6.07) is 3.37. The van der Waals surface area contributed by atoms with Crippen LogP contribution in [0.4, 0.5) is 0 Å². The molecular weight excluding hydrogens is 240 g/mol. The van der Waals surface area contributed by atoms with Gasteiger partial charge in [-0.1, -0.05) is 0 Å². The molecule has 0 aliphatic carbocycles. The maximum absolute atomic E-state index is 11.0. The highest BCUT2D eigenvalue weighted by molar-refractivity contribution is 7.98. The van der Waals surface area contributed by atoms with Crippen LogP contribution < -0.4 is 4.74 Å². The van der Waals surface area contributed by atoms with Crippen molar-refractivity contribution in [1.82, 2.24) is 0 Å². The van der Waals surface area contributed by atoms with E-state index in [1.807, 2.05) is 6.26 Å². The quantitative estimate of drug-likeness (QED) is 0.626. The lowest BCUT2D eigenvalue weighted by molar-refractivity contribution is 0.0695. The number of aromatic carboxylic acids is 1. The maximum atomic E-state index is 11.0. The van der Waals surface area contributed by atoms with Gasteiger partial charge in [0.1, 0.15) is 12.4 Å². The summed E-state index contributed by atoms with van der Waals surface area (Å²) in [4.78, 5) is 12.0. The lowest BCUT2D eigenvalue weighted by atomic mass is 10.1. The number of benzene rings is 1. The first-order valence-electron chi connectivity index (χ1n) is 5.14. The zero-order chi connectivity index (χ0) is 12.8. The Labute approximate surface area is 105 Å². The van der Waals surface area contributed by atoms with Crippen LogP contribution in [0.2, 0.25) is 0 Å². The smallest absolute Gasteiger partial charge is 0.336 e. The number of rotatable bonds is 6. The number of hydrogen-bond donors (Lipinski definition) is 1. The summed E-state index contributed by atoms with van der Waals surface area (Å²) in [5.74, 6) is -0.304. The first-order valence-corrected chi connectivity index (χ1v) is 6.37. The van der Waals surface area contributed by atoms with Crippen molar-refractivity contribution in [2.45, 2.75) is 11.8 Å². The standard InChI is InChI=1S/C12H16O4S/c1-8-9(12(13)14)4-5-10(17-3)11(8)16-7-6-15-2/h4-5H,6-7H2,1-3H3,(H,13,14). The molecule has 0 aromatic heterocycles. The van der Waals surface area contributed by atoms with Gasteiger partial charge in [0.05, 0.1) is 12.2 Å². The molecule has 0 atom stereocenters. The molecule has 0 aliphatic heterocycles. The van der Waals surface area contributed by atoms with E-state index in [0.717, 1.165) is 4.90 Å². The largest absolute Gasteiger partial charge is 0.490 e. The fraction of sp³-hybridized carbons (Fsp3) is 0.417. The average molecular weight is 256 g/mol. The van der Waals surface area contributed by atoms with Gasteiger partial charge in [-0.15, -0.1) is 11.8 Å². The molecule has 0 bridgehead atoms. The van der Waals surface area contributed by atoms with Crippen LogP contribution in [0.3, 0.4) is 0 Å². The monoisotopic (exact) mass is 256 g/mol. The van der Waals surface area contributed by atoms with E-state index < -0.39 is 5.97 Å². The highest BCUT2D eigenvalue weighted by Gasteiger charge is 2.15. The van der Waals surface area contributed by atoms with Gasteiger partial charge in [0, 0.05) is 17.6 Å². The van der Waals surface area contributed by atoms with Crippen LogP contribution in [0.5, 0.6) is 5.75 Å². The molecule has 4 nitrogen and oxygen atoms in total. The molecule has 0 saturated carbocycles. The molecule has 0 aliphatic rings. The fourth-order valence-corrected chi connectivity index (χ4v) is 2.07. The minimum absolute atomic E-state index is 0.273. The van der Waals surface area contributed by atoms with Crippen LogP contribution in [0, 0.1) is 6.92 Å². The summed E-state index contributed by atoms with van der Waals surface area (Å²) in [5, 5.41) is 9.04. The van der Waals surface area contributed by atoms with Crippen molar-refractivity contribution >= 4 is 17.7 Å².